The first-order valence-corrected chi connectivity index (χ1v) is 8.19. The molecule has 2 aromatic carbocycles. The lowest BCUT2D eigenvalue weighted by Crippen LogP contribution is -1.99. The molecule has 0 aliphatic carbocycles. The summed E-state index contributed by atoms with van der Waals surface area (Å²) in [6, 6.07) is 14.1. The number of nitrogens with zero attached hydrogens (tertiary/aromatic N) is 2. The van der Waals surface area contributed by atoms with E-state index in [0.29, 0.717) is 32.9 Å². The molecule has 0 radical (unpaired) electrons. The molecule has 0 atom stereocenters. The Morgan fingerprint density at radius 2 is 1.60 bits per heavy atom. The SMILES string of the molecule is CC(=O)c1ccc(Nc2cc(Nc3cc(Cl)ccc3Cl)ncn2)cc1. The average molecular weight is 373 g/mol. The first-order valence-electron chi connectivity index (χ1n) is 7.43. The molecule has 0 unspecified atom stereocenters. The number of carbonyl (C=O) groups excluding carboxylic acids is 1. The van der Waals surface area contributed by atoms with E-state index in [4.69, 9.17) is 23.2 Å². The Kier molecular flexibility index (Phi) is 5.16. The predicted molar refractivity (Wildman–Crippen MR) is 102 cm³/mol. The molecule has 0 aliphatic heterocycles. The van der Waals surface area contributed by atoms with Crippen molar-refractivity contribution in [3.63, 3.8) is 0 Å². The molecule has 0 saturated heterocycles. The largest absolute Gasteiger partial charge is 0.340 e. The number of benzene rings is 2. The first kappa shape index (κ1) is 17.2. The van der Waals surface area contributed by atoms with Crippen LogP contribution in [0.3, 0.4) is 0 Å². The molecule has 3 aromatic rings. The van der Waals surface area contributed by atoms with Gasteiger partial charge in [-0.15, -0.1) is 0 Å². The number of hydrogen-bond acceptors (Lipinski definition) is 5. The summed E-state index contributed by atoms with van der Waals surface area (Å²) in [6.07, 6.45) is 1.44. The molecule has 126 valence electrons. The number of ketones is 1. The number of halogens is 2. The van der Waals surface area contributed by atoms with E-state index in [1.165, 1.54) is 13.3 Å². The standard InChI is InChI=1S/C18H14Cl2N4O/c1-11(25)12-2-5-14(6-3-12)23-17-9-18(22-10-21-17)24-16-8-13(19)4-7-15(16)20/h2-10H,1H3,(H2,21,22,23,24). The zero-order chi connectivity index (χ0) is 17.8. The fraction of sp³-hybridized carbons (Fsp3) is 0.0556. The van der Waals surface area contributed by atoms with Gasteiger partial charge in [0, 0.05) is 22.3 Å². The second kappa shape index (κ2) is 7.51. The Morgan fingerprint density at radius 3 is 2.28 bits per heavy atom. The van der Waals surface area contributed by atoms with Crippen LogP contribution in [0.5, 0.6) is 0 Å². The second-order valence-corrected chi connectivity index (χ2v) is 6.14. The van der Waals surface area contributed by atoms with Gasteiger partial charge in [0.1, 0.15) is 18.0 Å². The summed E-state index contributed by atoms with van der Waals surface area (Å²) < 4.78 is 0. The van der Waals surface area contributed by atoms with Crippen LogP contribution in [0, 0.1) is 0 Å². The highest BCUT2D eigenvalue weighted by atomic mass is 35.5. The molecule has 0 bridgehead atoms. The van der Waals surface area contributed by atoms with Gasteiger partial charge in [-0.25, -0.2) is 9.97 Å². The minimum absolute atomic E-state index is 0.0264. The number of nitrogens with one attached hydrogen (secondary N) is 2. The Morgan fingerprint density at radius 1 is 0.920 bits per heavy atom. The molecule has 1 heterocycles. The first-order chi connectivity index (χ1) is 12.0. The number of rotatable bonds is 5. The number of carbonyl (C=O) groups is 1. The van der Waals surface area contributed by atoms with Gasteiger partial charge in [0.15, 0.2) is 5.78 Å². The normalized spacial score (nSPS) is 10.4. The lowest BCUT2D eigenvalue weighted by molar-refractivity contribution is 0.101. The maximum Gasteiger partial charge on any atom is 0.159 e. The van der Waals surface area contributed by atoms with Crippen molar-refractivity contribution in [2.24, 2.45) is 0 Å². The summed E-state index contributed by atoms with van der Waals surface area (Å²) >= 11 is 12.1. The molecule has 2 N–H and O–H groups in total. The van der Waals surface area contributed by atoms with Crippen molar-refractivity contribution in [3.8, 4) is 0 Å². The summed E-state index contributed by atoms with van der Waals surface area (Å²) in [5.41, 5.74) is 2.13. The van der Waals surface area contributed by atoms with Crippen LogP contribution in [-0.2, 0) is 0 Å². The van der Waals surface area contributed by atoms with Crippen molar-refractivity contribution in [2.75, 3.05) is 10.6 Å². The molecule has 5 nitrogen and oxygen atoms in total. The molecule has 0 amide bonds. The molecule has 0 spiro atoms. The summed E-state index contributed by atoms with van der Waals surface area (Å²) in [5, 5.41) is 7.39. The second-order valence-electron chi connectivity index (χ2n) is 5.30. The maximum atomic E-state index is 11.3. The molecule has 7 heteroatoms. The van der Waals surface area contributed by atoms with Gasteiger partial charge < -0.3 is 10.6 Å². The minimum Gasteiger partial charge on any atom is -0.340 e. The van der Waals surface area contributed by atoms with E-state index in [1.807, 2.05) is 12.1 Å². The quantitative estimate of drug-likeness (QED) is 0.580. The highest BCUT2D eigenvalue weighted by molar-refractivity contribution is 6.35. The molecule has 3 rings (SSSR count). The molecule has 1 aromatic heterocycles. The minimum atomic E-state index is 0.0264. The van der Waals surface area contributed by atoms with Gasteiger partial charge in [-0.2, -0.15) is 0 Å². The van der Waals surface area contributed by atoms with Gasteiger partial charge in [0.25, 0.3) is 0 Å². The van der Waals surface area contributed by atoms with Crippen LogP contribution in [0.2, 0.25) is 10.0 Å². The maximum absolute atomic E-state index is 11.3. The van der Waals surface area contributed by atoms with Gasteiger partial charge in [0.2, 0.25) is 0 Å². The smallest absolute Gasteiger partial charge is 0.159 e. The van der Waals surface area contributed by atoms with E-state index in [2.05, 4.69) is 20.6 Å². The van der Waals surface area contributed by atoms with Gasteiger partial charge >= 0.3 is 0 Å². The van der Waals surface area contributed by atoms with Crippen LogP contribution < -0.4 is 10.6 Å². The van der Waals surface area contributed by atoms with Crippen LogP contribution in [-0.4, -0.2) is 15.8 Å². The van der Waals surface area contributed by atoms with E-state index in [9.17, 15) is 4.79 Å². The third-order valence-corrected chi connectivity index (χ3v) is 3.99. The number of hydrogen-bond donors (Lipinski definition) is 2. The monoisotopic (exact) mass is 372 g/mol. The van der Waals surface area contributed by atoms with Crippen LogP contribution >= 0.6 is 23.2 Å². The number of aromatic nitrogens is 2. The van der Waals surface area contributed by atoms with Crippen LogP contribution in [0.4, 0.5) is 23.0 Å². The van der Waals surface area contributed by atoms with Crippen LogP contribution in [0.1, 0.15) is 17.3 Å². The summed E-state index contributed by atoms with van der Waals surface area (Å²) in [7, 11) is 0. The van der Waals surface area contributed by atoms with Crippen molar-refractivity contribution in [2.45, 2.75) is 6.92 Å². The molecule has 0 fully saturated rings. The summed E-state index contributed by atoms with van der Waals surface area (Å²) in [6.45, 7) is 1.53. The topological polar surface area (TPSA) is 66.9 Å². The van der Waals surface area contributed by atoms with E-state index >= 15 is 0 Å². The van der Waals surface area contributed by atoms with Crippen LogP contribution in [0.25, 0.3) is 0 Å². The van der Waals surface area contributed by atoms with Crippen molar-refractivity contribution < 1.29 is 4.79 Å². The molecule has 25 heavy (non-hydrogen) atoms. The fourth-order valence-corrected chi connectivity index (χ4v) is 2.50. The van der Waals surface area contributed by atoms with E-state index in [0.717, 1.165) is 5.69 Å². The summed E-state index contributed by atoms with van der Waals surface area (Å²) in [5.74, 6) is 1.20. The van der Waals surface area contributed by atoms with Gasteiger partial charge in [-0.05, 0) is 49.4 Å². The highest BCUT2D eigenvalue weighted by Crippen LogP contribution is 2.28. The number of anilines is 4. The Hall–Kier alpha value is -2.63. The third-order valence-electron chi connectivity index (χ3n) is 3.42. The van der Waals surface area contributed by atoms with Crippen LogP contribution in [0.15, 0.2) is 54.9 Å². The van der Waals surface area contributed by atoms with Crippen molar-refractivity contribution >= 4 is 52.0 Å². The fourth-order valence-electron chi connectivity index (χ4n) is 2.16. The molecular weight excluding hydrogens is 359 g/mol. The van der Waals surface area contributed by atoms with E-state index in [-0.39, 0.29) is 5.78 Å². The lowest BCUT2D eigenvalue weighted by Gasteiger charge is -2.10. The summed E-state index contributed by atoms with van der Waals surface area (Å²) in [4.78, 5) is 19.7. The van der Waals surface area contributed by atoms with Gasteiger partial charge in [-0.1, -0.05) is 23.2 Å². The Labute approximate surface area is 155 Å². The van der Waals surface area contributed by atoms with Gasteiger partial charge in [0.05, 0.1) is 10.7 Å². The zero-order valence-corrected chi connectivity index (χ0v) is 14.8. The zero-order valence-electron chi connectivity index (χ0n) is 13.3. The highest BCUT2D eigenvalue weighted by Gasteiger charge is 2.05. The number of Topliss-reactive ketones (excluding diaryl/α,β-unsaturated/α-hetero) is 1. The average Bonchev–Trinajstić information content (AvgIpc) is 2.59. The third kappa shape index (κ3) is 4.47. The van der Waals surface area contributed by atoms with Gasteiger partial charge in [-0.3, -0.25) is 4.79 Å². The Bertz CT molecular complexity index is 913. The molecular formula is C18H14Cl2N4O. The van der Waals surface area contributed by atoms with E-state index in [1.54, 1.807) is 36.4 Å². The van der Waals surface area contributed by atoms with E-state index < -0.39 is 0 Å². The molecule has 0 saturated carbocycles. The van der Waals surface area contributed by atoms with Crippen molar-refractivity contribution in [1.82, 2.24) is 9.97 Å². The van der Waals surface area contributed by atoms with Crippen molar-refractivity contribution in [1.29, 1.82) is 0 Å². The predicted octanol–water partition coefficient (Wildman–Crippen LogP) is 5.47. The molecule has 0 aliphatic rings. The van der Waals surface area contributed by atoms with Crippen molar-refractivity contribution in [3.05, 3.63) is 70.5 Å². The Balaban J connectivity index is 1.77. The lowest BCUT2D eigenvalue weighted by atomic mass is 10.1.